The number of nitrogens with one attached hydrogen (secondary N) is 4. The van der Waals surface area contributed by atoms with Crippen LogP contribution in [0.25, 0.3) is 33.6 Å². The molecule has 15 heteroatoms. The number of carbonyl (C=O) groups is 4. The number of hydrogen-bond donors (Lipinski definition) is 4. The normalized spacial score (nSPS) is 12.0. The first-order chi connectivity index (χ1) is 31.0. The second-order valence-electron chi connectivity index (χ2n) is 15.7. The van der Waals surface area contributed by atoms with Gasteiger partial charge in [0.05, 0.1) is 51.1 Å². The Morgan fingerprint density at radius 2 is 1.03 bits per heavy atom. The van der Waals surface area contributed by atoms with E-state index in [-0.39, 0.29) is 24.9 Å². The average molecular weight is 868 g/mol. The maximum atomic E-state index is 13.9. The molecule has 2 atom stereocenters. The number of rotatable bonds is 19. The van der Waals surface area contributed by atoms with Gasteiger partial charge in [-0.1, -0.05) is 111 Å². The SMILES string of the molecule is CCCN(Cc1ncc(-c2ccc(-c3ccc(-c4cnc(CN(CCC)C(=O)C(NC(=O)OC)c5ccccc5)[nH]4)cc3CN(C)C)cc2)[nH]1)C(=O)C(NC(=O)OC)c1ccccc1. The van der Waals surface area contributed by atoms with E-state index < -0.39 is 24.3 Å². The molecule has 334 valence electrons. The smallest absolute Gasteiger partial charge is 0.407 e. The minimum atomic E-state index is -0.918. The fourth-order valence-corrected chi connectivity index (χ4v) is 7.54. The van der Waals surface area contributed by atoms with E-state index in [1.165, 1.54) is 14.2 Å². The molecule has 0 radical (unpaired) electrons. The van der Waals surface area contributed by atoms with Gasteiger partial charge >= 0.3 is 12.2 Å². The molecule has 6 aromatic rings. The zero-order valence-electron chi connectivity index (χ0n) is 37.3. The van der Waals surface area contributed by atoms with Gasteiger partial charge in [0.2, 0.25) is 11.8 Å². The molecular weight excluding hydrogens is 811 g/mol. The maximum Gasteiger partial charge on any atom is 0.407 e. The minimum absolute atomic E-state index is 0.226. The van der Waals surface area contributed by atoms with E-state index in [4.69, 9.17) is 9.47 Å². The van der Waals surface area contributed by atoms with Gasteiger partial charge in [-0.3, -0.25) is 9.59 Å². The van der Waals surface area contributed by atoms with Crippen LogP contribution in [0, 0.1) is 0 Å². The van der Waals surface area contributed by atoms with E-state index in [1.807, 2.05) is 76.5 Å². The van der Waals surface area contributed by atoms with Crippen molar-refractivity contribution in [3.05, 3.63) is 144 Å². The average Bonchev–Trinajstić information content (AvgIpc) is 4.00. The van der Waals surface area contributed by atoms with E-state index in [0.717, 1.165) is 45.6 Å². The molecule has 2 heterocycles. The molecule has 2 unspecified atom stereocenters. The maximum absolute atomic E-state index is 13.9. The quantitative estimate of drug-likeness (QED) is 0.0631. The van der Waals surface area contributed by atoms with Gasteiger partial charge in [-0.05, 0) is 71.9 Å². The molecule has 0 bridgehead atoms. The van der Waals surface area contributed by atoms with Crippen LogP contribution in [0.5, 0.6) is 0 Å². The zero-order chi connectivity index (χ0) is 45.6. The monoisotopic (exact) mass is 867 g/mol. The Kier molecular flexibility index (Phi) is 16.0. The fourth-order valence-electron chi connectivity index (χ4n) is 7.54. The molecule has 0 aliphatic carbocycles. The van der Waals surface area contributed by atoms with Crippen LogP contribution in [0.4, 0.5) is 9.59 Å². The molecule has 15 nitrogen and oxygen atoms in total. The molecule has 0 saturated carbocycles. The summed E-state index contributed by atoms with van der Waals surface area (Å²) in [4.78, 5) is 74.0. The first-order valence-electron chi connectivity index (χ1n) is 21.3. The van der Waals surface area contributed by atoms with E-state index in [1.54, 1.807) is 46.5 Å². The molecular formula is C49H57N9O6. The third kappa shape index (κ3) is 11.8. The highest BCUT2D eigenvalue weighted by Crippen LogP contribution is 2.31. The Morgan fingerprint density at radius 3 is 1.47 bits per heavy atom. The summed E-state index contributed by atoms with van der Waals surface area (Å²) in [7, 11) is 6.61. The van der Waals surface area contributed by atoms with Crippen LogP contribution in [-0.2, 0) is 38.7 Å². The van der Waals surface area contributed by atoms with Crippen molar-refractivity contribution >= 4 is 24.0 Å². The molecule has 6 rings (SSSR count). The van der Waals surface area contributed by atoms with Crippen molar-refractivity contribution in [3.63, 3.8) is 0 Å². The van der Waals surface area contributed by atoms with Gasteiger partial charge in [-0.25, -0.2) is 19.6 Å². The number of hydrogen-bond acceptors (Lipinski definition) is 9. The molecule has 0 spiro atoms. The Labute approximate surface area is 374 Å². The van der Waals surface area contributed by atoms with Crippen LogP contribution in [0.3, 0.4) is 0 Å². The van der Waals surface area contributed by atoms with Crippen molar-refractivity contribution in [2.75, 3.05) is 41.4 Å². The van der Waals surface area contributed by atoms with Crippen LogP contribution < -0.4 is 10.6 Å². The number of alkyl carbamates (subject to hydrolysis) is 2. The number of H-pyrrole nitrogens is 2. The summed E-state index contributed by atoms with van der Waals surface area (Å²) in [5.41, 5.74) is 8.08. The molecule has 0 aliphatic rings. The molecule has 0 saturated heterocycles. The van der Waals surface area contributed by atoms with Crippen molar-refractivity contribution < 1.29 is 28.7 Å². The number of carbonyl (C=O) groups excluding carboxylic acids is 4. The Hall–Kier alpha value is -7.26. The number of benzene rings is 4. The van der Waals surface area contributed by atoms with E-state index in [0.29, 0.717) is 48.8 Å². The Bertz CT molecular complexity index is 2470. The third-order valence-corrected chi connectivity index (χ3v) is 10.6. The van der Waals surface area contributed by atoms with Crippen LogP contribution in [0.2, 0.25) is 0 Å². The summed E-state index contributed by atoms with van der Waals surface area (Å²) >= 11 is 0. The summed E-state index contributed by atoms with van der Waals surface area (Å²) in [6.07, 6.45) is 3.61. The van der Waals surface area contributed by atoms with E-state index in [9.17, 15) is 19.2 Å². The highest BCUT2D eigenvalue weighted by molar-refractivity contribution is 5.88. The van der Waals surface area contributed by atoms with Gasteiger partial charge < -0.3 is 44.8 Å². The van der Waals surface area contributed by atoms with Gasteiger partial charge in [0, 0.05) is 19.6 Å². The highest BCUT2D eigenvalue weighted by atomic mass is 16.5. The predicted octanol–water partition coefficient (Wildman–Crippen LogP) is 7.87. The van der Waals surface area contributed by atoms with Crippen LogP contribution in [0.1, 0.15) is 67.1 Å². The lowest BCUT2D eigenvalue weighted by Crippen LogP contribution is -2.43. The van der Waals surface area contributed by atoms with Gasteiger partial charge in [0.1, 0.15) is 23.7 Å². The summed E-state index contributed by atoms with van der Waals surface area (Å²) in [6.45, 7) is 6.08. The van der Waals surface area contributed by atoms with Crippen LogP contribution >= 0.6 is 0 Å². The van der Waals surface area contributed by atoms with Gasteiger partial charge in [-0.2, -0.15) is 0 Å². The van der Waals surface area contributed by atoms with Gasteiger partial charge in [0.25, 0.3) is 0 Å². The topological polar surface area (TPSA) is 178 Å². The lowest BCUT2D eigenvalue weighted by Gasteiger charge is -2.27. The van der Waals surface area contributed by atoms with Crippen LogP contribution in [-0.4, -0.2) is 100 Å². The minimum Gasteiger partial charge on any atom is -0.453 e. The lowest BCUT2D eigenvalue weighted by molar-refractivity contribution is -0.135. The number of nitrogens with zero attached hydrogens (tertiary/aromatic N) is 5. The Morgan fingerprint density at radius 1 is 0.594 bits per heavy atom. The second kappa shape index (κ2) is 22.2. The van der Waals surface area contributed by atoms with Crippen molar-refractivity contribution in [2.45, 2.75) is 58.4 Å². The summed E-state index contributed by atoms with van der Waals surface area (Å²) in [5, 5.41) is 5.40. The third-order valence-electron chi connectivity index (χ3n) is 10.6. The molecule has 0 aliphatic heterocycles. The second-order valence-corrected chi connectivity index (χ2v) is 15.7. The van der Waals surface area contributed by atoms with Gasteiger partial charge in [0.15, 0.2) is 0 Å². The molecule has 4 N–H and O–H groups in total. The number of imidazole rings is 2. The number of aromatic nitrogens is 4. The Balaban J connectivity index is 1.18. The van der Waals surface area contributed by atoms with Crippen molar-refractivity contribution in [1.29, 1.82) is 0 Å². The fraction of sp³-hybridized carbons (Fsp3) is 0.306. The molecule has 4 aromatic carbocycles. The largest absolute Gasteiger partial charge is 0.453 e. The van der Waals surface area contributed by atoms with Crippen LogP contribution in [0.15, 0.2) is 116 Å². The highest BCUT2D eigenvalue weighted by Gasteiger charge is 2.30. The standard InChI is InChI=1S/C49H57N9O6/c1-7-25-57(46(59)44(54-48(61)63-5)35-15-11-9-12-16-35)31-42-50-28-40(52-42)34-21-19-33(20-22-34)39-24-23-37(27-38(39)30-56(3)4)41-29-51-43(53-41)32-58(26-8-2)47(60)45(55-49(62)64-6)36-17-13-10-14-18-36/h9-24,27-29,44-45H,7-8,25-26,30-32H2,1-6H3,(H,50,52)(H,51,53)(H,54,61)(H,55,62). The van der Waals surface area contributed by atoms with Crippen molar-refractivity contribution in [3.8, 4) is 33.6 Å². The van der Waals surface area contributed by atoms with E-state index >= 15 is 0 Å². The van der Waals surface area contributed by atoms with Crippen molar-refractivity contribution in [2.24, 2.45) is 0 Å². The summed E-state index contributed by atoms with van der Waals surface area (Å²) in [6, 6.07) is 31.0. The molecule has 64 heavy (non-hydrogen) atoms. The first kappa shape index (κ1) is 46.2. The lowest BCUT2D eigenvalue weighted by atomic mass is 9.95. The number of ether oxygens (including phenoxy) is 2. The van der Waals surface area contributed by atoms with Gasteiger partial charge in [-0.15, -0.1) is 0 Å². The summed E-state index contributed by atoms with van der Waals surface area (Å²) in [5.74, 6) is 0.715. The summed E-state index contributed by atoms with van der Waals surface area (Å²) < 4.78 is 9.67. The van der Waals surface area contributed by atoms with Crippen molar-refractivity contribution in [1.82, 2.24) is 45.3 Å². The van der Waals surface area contributed by atoms with E-state index in [2.05, 4.69) is 65.8 Å². The molecule has 2 aromatic heterocycles. The number of methoxy groups -OCH3 is 2. The first-order valence-corrected chi connectivity index (χ1v) is 21.3. The zero-order valence-corrected chi connectivity index (χ0v) is 37.3. The molecule has 0 fully saturated rings. The number of aromatic amines is 2. The molecule has 4 amide bonds. The number of amides is 4. The predicted molar refractivity (Wildman–Crippen MR) is 245 cm³/mol.